The molecule has 2 aromatic rings. The Balaban J connectivity index is 1.79. The van der Waals surface area contributed by atoms with Gasteiger partial charge in [-0.2, -0.15) is 0 Å². The molecule has 0 N–H and O–H groups in total. The van der Waals surface area contributed by atoms with Gasteiger partial charge in [-0.3, -0.25) is 0 Å². The van der Waals surface area contributed by atoms with Gasteiger partial charge in [0, 0.05) is 17.1 Å². The number of benzene rings is 2. The van der Waals surface area contributed by atoms with Crippen LogP contribution in [0.15, 0.2) is 82.1 Å². The first-order valence-corrected chi connectivity index (χ1v) is 14.7. The molecule has 2 atom stereocenters. The van der Waals surface area contributed by atoms with E-state index >= 15 is 0 Å². The monoisotopic (exact) mass is 420 g/mol. The lowest BCUT2D eigenvalue weighted by molar-refractivity contribution is 0.207. The first-order valence-electron chi connectivity index (χ1n) is 9.76. The quantitative estimate of drug-likeness (QED) is 0.515. The minimum atomic E-state index is -3.68. The predicted octanol–water partition coefficient (Wildman–Crippen LogP) is 5.06. The van der Waals surface area contributed by atoms with Crippen molar-refractivity contribution >= 4 is 23.7 Å². The molecule has 0 saturated heterocycles. The maximum absolute atomic E-state index is 13.6. The van der Waals surface area contributed by atoms with Crippen LogP contribution < -0.4 is 0 Å². The number of sulfone groups is 1. The average Bonchev–Trinajstić information content (AvgIpc) is 3.24. The number of fused-ring (bicyclic) bond motifs is 1. The van der Waals surface area contributed by atoms with Crippen LogP contribution in [0.4, 0.5) is 0 Å². The summed E-state index contributed by atoms with van der Waals surface area (Å²) in [5.41, 5.74) is 5.15. The molecule has 148 valence electrons. The second-order valence-corrected chi connectivity index (χ2v) is 15.1. The maximum atomic E-state index is 13.6. The summed E-state index contributed by atoms with van der Waals surface area (Å²) in [5.74, 6) is 3.53. The zero-order valence-corrected chi connectivity index (χ0v) is 18.7. The summed E-state index contributed by atoms with van der Waals surface area (Å²) in [6.07, 6.45) is 2.32. The van der Waals surface area contributed by atoms with Crippen molar-refractivity contribution in [2.45, 2.75) is 37.1 Å². The van der Waals surface area contributed by atoms with E-state index in [0.717, 1.165) is 11.1 Å². The van der Waals surface area contributed by atoms with Crippen LogP contribution in [-0.2, 0) is 14.6 Å². The van der Waals surface area contributed by atoms with Crippen LogP contribution in [0.1, 0.15) is 12.0 Å². The van der Waals surface area contributed by atoms with Gasteiger partial charge in [-0.1, -0.05) is 74.1 Å². The van der Waals surface area contributed by atoms with Crippen molar-refractivity contribution in [3.8, 4) is 11.5 Å². The zero-order chi connectivity index (χ0) is 20.6. The topological polar surface area (TPSA) is 43.4 Å². The molecule has 0 bridgehead atoms. The largest absolute Gasteiger partial charge is 0.484 e. The van der Waals surface area contributed by atoms with Gasteiger partial charge in [0.15, 0.2) is 0 Å². The van der Waals surface area contributed by atoms with E-state index in [1.54, 1.807) is 24.3 Å². The molecule has 0 amide bonds. The van der Waals surface area contributed by atoms with Crippen molar-refractivity contribution in [2.24, 2.45) is 5.92 Å². The molecule has 29 heavy (non-hydrogen) atoms. The van der Waals surface area contributed by atoms with E-state index < -0.39 is 17.9 Å². The number of rotatable bonds is 3. The zero-order valence-electron chi connectivity index (χ0n) is 16.8. The fourth-order valence-electron chi connectivity index (χ4n) is 3.66. The third kappa shape index (κ3) is 3.96. The lowest BCUT2D eigenvalue weighted by Crippen LogP contribution is -2.17. The fraction of sp³-hybridized carbons (Fsp3) is 0.250. The Bertz CT molecular complexity index is 1150. The molecule has 2 aliphatic rings. The molecule has 5 heteroatoms. The van der Waals surface area contributed by atoms with Crippen LogP contribution in [0.3, 0.4) is 0 Å². The van der Waals surface area contributed by atoms with E-state index in [0.29, 0.717) is 22.0 Å². The highest BCUT2D eigenvalue weighted by molar-refractivity contribution is 7.95. The summed E-state index contributed by atoms with van der Waals surface area (Å²) in [4.78, 5) is 0.676. The van der Waals surface area contributed by atoms with Crippen molar-refractivity contribution < 1.29 is 13.2 Å². The molecule has 1 heterocycles. The Hall–Kier alpha value is -2.55. The lowest BCUT2D eigenvalue weighted by atomic mass is 10.0. The van der Waals surface area contributed by atoms with Crippen LogP contribution in [-0.4, -0.2) is 22.6 Å². The third-order valence-corrected chi connectivity index (χ3v) is 7.83. The van der Waals surface area contributed by atoms with Crippen LogP contribution in [0.25, 0.3) is 5.76 Å². The Kier molecular flexibility index (Phi) is 5.01. The van der Waals surface area contributed by atoms with Gasteiger partial charge in [0.1, 0.15) is 19.9 Å². The standard InChI is InChI=1S/C24H24O3SSi/c1-29(2,3)15-14-18-16-21-22(17-18)27-23(19-10-6-4-7-11-19)24(21)28(25,26)20-12-8-5-9-13-20/h4-13,17,21-22H,16H2,1-3H3/t21-,22-/m0/s1. The number of hydrogen-bond acceptors (Lipinski definition) is 3. The summed E-state index contributed by atoms with van der Waals surface area (Å²) in [6.45, 7) is 6.60. The Morgan fingerprint density at radius 3 is 2.21 bits per heavy atom. The van der Waals surface area contributed by atoms with Gasteiger partial charge >= 0.3 is 0 Å². The average molecular weight is 421 g/mol. The van der Waals surface area contributed by atoms with Crippen molar-refractivity contribution in [1.29, 1.82) is 0 Å². The third-order valence-electron chi connectivity index (χ3n) is 4.99. The van der Waals surface area contributed by atoms with Crippen LogP contribution in [0.2, 0.25) is 19.6 Å². The van der Waals surface area contributed by atoms with E-state index in [1.165, 1.54) is 0 Å². The highest BCUT2D eigenvalue weighted by atomic mass is 32.2. The van der Waals surface area contributed by atoms with Crippen molar-refractivity contribution in [3.05, 3.63) is 82.8 Å². The SMILES string of the molecule is C[Si](C)(C)C#CC1=C[C@@H]2OC(c3ccccc3)=C(S(=O)(=O)c3ccccc3)[C@H]2C1. The summed E-state index contributed by atoms with van der Waals surface area (Å²) in [7, 11) is -5.18. The molecule has 3 nitrogen and oxygen atoms in total. The molecule has 1 aliphatic heterocycles. The summed E-state index contributed by atoms with van der Waals surface area (Å²) < 4.78 is 33.4. The van der Waals surface area contributed by atoms with Crippen LogP contribution in [0, 0.1) is 17.4 Å². The first kappa shape index (κ1) is 19.7. The molecule has 0 radical (unpaired) electrons. The highest BCUT2D eigenvalue weighted by Crippen LogP contribution is 2.48. The molecular weight excluding hydrogens is 396 g/mol. The van der Waals surface area contributed by atoms with Gasteiger partial charge in [-0.05, 0) is 24.6 Å². The fourth-order valence-corrected chi connectivity index (χ4v) is 6.00. The molecule has 0 saturated carbocycles. The molecule has 2 aromatic carbocycles. The minimum absolute atomic E-state index is 0.235. The van der Waals surface area contributed by atoms with Crippen LogP contribution >= 0.6 is 0 Å². The first-order chi connectivity index (χ1) is 13.8. The van der Waals surface area contributed by atoms with E-state index in [-0.39, 0.29) is 12.0 Å². The summed E-state index contributed by atoms with van der Waals surface area (Å²) in [5, 5.41) is 0. The molecule has 0 unspecified atom stereocenters. The van der Waals surface area contributed by atoms with Crippen molar-refractivity contribution in [2.75, 3.05) is 0 Å². The molecule has 0 fully saturated rings. The Labute approximate surface area is 174 Å². The van der Waals surface area contributed by atoms with E-state index in [1.807, 2.05) is 42.5 Å². The molecule has 1 aliphatic carbocycles. The molecule has 0 spiro atoms. The number of hydrogen-bond donors (Lipinski definition) is 0. The van der Waals surface area contributed by atoms with Gasteiger partial charge in [0.25, 0.3) is 0 Å². The molecular formula is C24H24O3SSi. The number of ether oxygens (including phenoxy) is 1. The van der Waals surface area contributed by atoms with Crippen LogP contribution in [0.5, 0.6) is 0 Å². The summed E-state index contributed by atoms with van der Waals surface area (Å²) in [6, 6.07) is 18.1. The normalized spacial score (nSPS) is 21.1. The minimum Gasteiger partial charge on any atom is -0.484 e. The smallest absolute Gasteiger partial charge is 0.206 e. The maximum Gasteiger partial charge on any atom is 0.206 e. The van der Waals surface area contributed by atoms with Gasteiger partial charge in [-0.15, -0.1) is 5.54 Å². The molecule has 0 aromatic heterocycles. The second-order valence-electron chi connectivity index (χ2n) is 8.46. The van der Waals surface area contributed by atoms with E-state index in [4.69, 9.17) is 4.74 Å². The van der Waals surface area contributed by atoms with Crippen molar-refractivity contribution in [1.82, 2.24) is 0 Å². The van der Waals surface area contributed by atoms with Crippen molar-refractivity contribution in [3.63, 3.8) is 0 Å². The molecule has 4 rings (SSSR count). The van der Waals surface area contributed by atoms with Gasteiger partial charge in [0.2, 0.25) is 9.84 Å². The Morgan fingerprint density at radius 2 is 1.59 bits per heavy atom. The van der Waals surface area contributed by atoms with E-state index in [2.05, 4.69) is 31.1 Å². The highest BCUT2D eigenvalue weighted by Gasteiger charge is 2.46. The Morgan fingerprint density at radius 1 is 0.966 bits per heavy atom. The van der Waals surface area contributed by atoms with Gasteiger partial charge in [-0.25, -0.2) is 8.42 Å². The van der Waals surface area contributed by atoms with Gasteiger partial charge in [0.05, 0.1) is 9.80 Å². The van der Waals surface area contributed by atoms with Gasteiger partial charge < -0.3 is 4.74 Å². The predicted molar refractivity (Wildman–Crippen MR) is 119 cm³/mol. The summed E-state index contributed by atoms with van der Waals surface area (Å²) >= 11 is 0. The second kappa shape index (κ2) is 7.36. The van der Waals surface area contributed by atoms with E-state index in [9.17, 15) is 8.42 Å². The number of allylic oxidation sites excluding steroid dienone is 1. The lowest BCUT2D eigenvalue weighted by Gasteiger charge is -2.13.